The van der Waals surface area contributed by atoms with E-state index in [1.165, 1.54) is 6.07 Å². The van der Waals surface area contributed by atoms with Gasteiger partial charge in [-0.1, -0.05) is 18.2 Å². The first-order valence-electron chi connectivity index (χ1n) is 6.36. The highest BCUT2D eigenvalue weighted by molar-refractivity contribution is 9.10. The molecule has 0 heterocycles. The van der Waals surface area contributed by atoms with E-state index in [9.17, 15) is 9.18 Å². The second kappa shape index (κ2) is 7.43. The predicted octanol–water partition coefficient (Wildman–Crippen LogP) is 4.52. The maximum absolute atomic E-state index is 13.3. The Bertz CT molecular complexity index is 495. The molecule has 0 radical (unpaired) electrons. The van der Waals surface area contributed by atoms with Crippen molar-refractivity contribution in [2.24, 2.45) is 0 Å². The zero-order chi connectivity index (χ0) is 15.2. The van der Waals surface area contributed by atoms with Gasteiger partial charge in [-0.15, -0.1) is 0 Å². The van der Waals surface area contributed by atoms with E-state index in [4.69, 9.17) is 4.74 Å². The molecule has 0 saturated heterocycles. The van der Waals surface area contributed by atoms with E-state index in [1.807, 2.05) is 39.0 Å². The van der Waals surface area contributed by atoms with Crippen molar-refractivity contribution in [1.82, 2.24) is 5.32 Å². The van der Waals surface area contributed by atoms with Crippen LogP contribution in [0.1, 0.15) is 32.8 Å². The number of alkyl carbamates (subject to hydrolysis) is 1. The molecule has 0 atom stereocenters. The quantitative estimate of drug-likeness (QED) is 0.816. The highest BCUT2D eigenvalue weighted by Gasteiger charge is 2.15. The average molecular weight is 344 g/mol. The minimum absolute atomic E-state index is 0.293. The number of halogens is 2. The molecule has 1 amide bonds. The Morgan fingerprint density at radius 2 is 2.15 bits per heavy atom. The molecule has 1 N–H and O–H groups in total. The van der Waals surface area contributed by atoms with Crippen LogP contribution in [-0.4, -0.2) is 18.2 Å². The summed E-state index contributed by atoms with van der Waals surface area (Å²) in [5.74, 6) is -0.293. The van der Waals surface area contributed by atoms with Gasteiger partial charge < -0.3 is 10.1 Å². The SMILES string of the molecule is CC(C)(C)OC(=O)NCCC=Cc1ccc(Br)c(F)c1. The molecule has 1 rings (SSSR count). The molecular formula is C15H19BrFNO2. The lowest BCUT2D eigenvalue weighted by atomic mass is 10.2. The van der Waals surface area contributed by atoms with E-state index in [-0.39, 0.29) is 5.82 Å². The summed E-state index contributed by atoms with van der Waals surface area (Å²) in [6.45, 7) is 5.92. The number of rotatable bonds is 4. The van der Waals surface area contributed by atoms with Crippen molar-refractivity contribution in [2.75, 3.05) is 6.54 Å². The normalized spacial score (nSPS) is 11.7. The molecule has 1 aromatic carbocycles. The fourth-order valence-electron chi connectivity index (χ4n) is 1.41. The third-order valence-electron chi connectivity index (χ3n) is 2.23. The summed E-state index contributed by atoms with van der Waals surface area (Å²) in [7, 11) is 0. The molecule has 20 heavy (non-hydrogen) atoms. The van der Waals surface area contributed by atoms with Crippen molar-refractivity contribution in [3.63, 3.8) is 0 Å². The van der Waals surface area contributed by atoms with Crippen LogP contribution in [0.4, 0.5) is 9.18 Å². The second-order valence-electron chi connectivity index (χ2n) is 5.29. The van der Waals surface area contributed by atoms with Gasteiger partial charge in [-0.2, -0.15) is 0 Å². The summed E-state index contributed by atoms with van der Waals surface area (Å²) in [6.07, 6.45) is 3.91. The standard InChI is InChI=1S/C15H19BrFNO2/c1-15(2,3)20-14(19)18-9-5-4-6-11-7-8-12(16)13(17)10-11/h4,6-8,10H,5,9H2,1-3H3,(H,18,19). The first-order valence-corrected chi connectivity index (χ1v) is 7.16. The van der Waals surface area contributed by atoms with Gasteiger partial charge in [0.2, 0.25) is 0 Å². The summed E-state index contributed by atoms with van der Waals surface area (Å²) in [6, 6.07) is 4.92. The molecule has 3 nitrogen and oxygen atoms in total. The van der Waals surface area contributed by atoms with Gasteiger partial charge in [0.05, 0.1) is 4.47 Å². The van der Waals surface area contributed by atoms with Crippen LogP contribution in [0.25, 0.3) is 6.08 Å². The molecular weight excluding hydrogens is 325 g/mol. The Morgan fingerprint density at radius 3 is 2.75 bits per heavy atom. The summed E-state index contributed by atoms with van der Waals surface area (Å²) in [5, 5.41) is 2.65. The largest absolute Gasteiger partial charge is 0.444 e. The Kier molecular flexibility index (Phi) is 6.20. The van der Waals surface area contributed by atoms with Crippen LogP contribution in [0.5, 0.6) is 0 Å². The van der Waals surface area contributed by atoms with E-state index in [0.29, 0.717) is 17.4 Å². The minimum Gasteiger partial charge on any atom is -0.444 e. The Balaban J connectivity index is 2.32. The monoisotopic (exact) mass is 343 g/mol. The van der Waals surface area contributed by atoms with Crippen LogP contribution in [0.3, 0.4) is 0 Å². The number of carbonyl (C=O) groups is 1. The van der Waals surface area contributed by atoms with Gasteiger partial charge >= 0.3 is 6.09 Å². The fourth-order valence-corrected chi connectivity index (χ4v) is 1.65. The first kappa shape index (κ1) is 16.7. The van der Waals surface area contributed by atoms with Crippen molar-refractivity contribution in [3.05, 3.63) is 40.1 Å². The summed E-state index contributed by atoms with van der Waals surface area (Å²) in [5.41, 5.74) is 0.289. The second-order valence-corrected chi connectivity index (χ2v) is 6.15. The molecule has 5 heteroatoms. The zero-order valence-electron chi connectivity index (χ0n) is 11.9. The molecule has 110 valence electrons. The smallest absolute Gasteiger partial charge is 0.407 e. The van der Waals surface area contributed by atoms with Crippen LogP contribution in [0, 0.1) is 5.82 Å². The molecule has 0 aliphatic carbocycles. The van der Waals surface area contributed by atoms with Crippen LogP contribution in [-0.2, 0) is 4.74 Å². The molecule has 0 bridgehead atoms. The van der Waals surface area contributed by atoms with Gasteiger partial charge in [-0.25, -0.2) is 9.18 Å². The summed E-state index contributed by atoms with van der Waals surface area (Å²) >= 11 is 3.10. The van der Waals surface area contributed by atoms with Gasteiger partial charge in [0.1, 0.15) is 11.4 Å². The maximum Gasteiger partial charge on any atom is 0.407 e. The molecule has 0 saturated carbocycles. The topological polar surface area (TPSA) is 38.3 Å². The molecule has 0 unspecified atom stereocenters. The number of nitrogens with one attached hydrogen (secondary N) is 1. The summed E-state index contributed by atoms with van der Waals surface area (Å²) in [4.78, 5) is 11.4. The van der Waals surface area contributed by atoms with Crippen LogP contribution >= 0.6 is 15.9 Å². The first-order chi connectivity index (χ1) is 9.28. The Hall–Kier alpha value is -1.36. The Morgan fingerprint density at radius 1 is 1.45 bits per heavy atom. The number of hydrogen-bond donors (Lipinski definition) is 1. The van der Waals surface area contributed by atoms with E-state index in [1.54, 1.807) is 6.07 Å². The van der Waals surface area contributed by atoms with Crippen LogP contribution < -0.4 is 5.32 Å². The molecule has 0 aliphatic heterocycles. The number of amides is 1. The van der Waals surface area contributed by atoms with Crippen molar-refractivity contribution in [1.29, 1.82) is 0 Å². The van der Waals surface area contributed by atoms with Gasteiger partial charge in [-0.05, 0) is 60.8 Å². The number of benzene rings is 1. The third-order valence-corrected chi connectivity index (χ3v) is 2.88. The van der Waals surface area contributed by atoms with Crippen molar-refractivity contribution in [2.45, 2.75) is 32.8 Å². The molecule has 1 aromatic rings. The molecule has 0 spiro atoms. The molecule has 0 fully saturated rings. The van der Waals surface area contributed by atoms with Crippen molar-refractivity contribution < 1.29 is 13.9 Å². The lowest BCUT2D eigenvalue weighted by Crippen LogP contribution is -2.32. The van der Waals surface area contributed by atoms with E-state index in [2.05, 4.69) is 21.2 Å². The number of ether oxygens (including phenoxy) is 1. The van der Waals surface area contributed by atoms with Crippen molar-refractivity contribution >= 4 is 28.1 Å². The number of hydrogen-bond acceptors (Lipinski definition) is 2. The van der Waals surface area contributed by atoms with E-state index < -0.39 is 11.7 Å². The molecule has 0 aliphatic rings. The van der Waals surface area contributed by atoms with Gasteiger partial charge in [0.25, 0.3) is 0 Å². The van der Waals surface area contributed by atoms with Gasteiger partial charge in [0, 0.05) is 6.54 Å². The van der Waals surface area contributed by atoms with Crippen molar-refractivity contribution in [3.8, 4) is 0 Å². The highest BCUT2D eigenvalue weighted by Crippen LogP contribution is 2.17. The van der Waals surface area contributed by atoms with E-state index in [0.717, 1.165) is 5.56 Å². The highest BCUT2D eigenvalue weighted by atomic mass is 79.9. The third kappa shape index (κ3) is 6.70. The predicted molar refractivity (Wildman–Crippen MR) is 82.0 cm³/mol. The average Bonchev–Trinajstić information content (AvgIpc) is 2.31. The maximum atomic E-state index is 13.3. The fraction of sp³-hybridized carbons (Fsp3) is 0.400. The minimum atomic E-state index is -0.491. The van der Waals surface area contributed by atoms with Crippen LogP contribution in [0.15, 0.2) is 28.7 Å². The van der Waals surface area contributed by atoms with Gasteiger partial charge in [0.15, 0.2) is 0 Å². The van der Waals surface area contributed by atoms with E-state index >= 15 is 0 Å². The zero-order valence-corrected chi connectivity index (χ0v) is 13.5. The Labute approximate surface area is 127 Å². The lowest BCUT2D eigenvalue weighted by Gasteiger charge is -2.19. The van der Waals surface area contributed by atoms with Gasteiger partial charge in [-0.3, -0.25) is 0 Å². The molecule has 0 aromatic heterocycles. The lowest BCUT2D eigenvalue weighted by molar-refractivity contribution is 0.0529. The van der Waals surface area contributed by atoms with Crippen LogP contribution in [0.2, 0.25) is 0 Å². The number of carbonyl (C=O) groups excluding carboxylic acids is 1. The summed E-state index contributed by atoms with van der Waals surface area (Å²) < 4.78 is 18.8.